The Hall–Kier alpha value is -2.81. The van der Waals surface area contributed by atoms with Crippen LogP contribution in [0.3, 0.4) is 0 Å². The van der Waals surface area contributed by atoms with Crippen LogP contribution in [0.4, 0.5) is 4.39 Å². The molecule has 8 heteroatoms. The number of hydrogen-bond acceptors (Lipinski definition) is 6. The van der Waals surface area contributed by atoms with Crippen LogP contribution in [0.1, 0.15) is 31.7 Å². The van der Waals surface area contributed by atoms with Crippen LogP contribution in [0.25, 0.3) is 10.6 Å². The fourth-order valence-electron chi connectivity index (χ4n) is 1.96. The van der Waals surface area contributed by atoms with Gasteiger partial charge in [0.05, 0.1) is 0 Å². The third kappa shape index (κ3) is 5.35. The van der Waals surface area contributed by atoms with Crippen LogP contribution in [0.15, 0.2) is 18.2 Å². The second kappa shape index (κ2) is 10.2. The molecule has 1 unspecified atom stereocenters. The number of halogens is 1. The minimum absolute atomic E-state index is 0.0329. The Morgan fingerprint density at radius 2 is 2.15 bits per heavy atom. The second-order valence-corrected chi connectivity index (χ2v) is 5.69. The number of benzene rings is 1. The number of hydrogen-bond donors (Lipinski definition) is 1. The second-order valence-electron chi connectivity index (χ2n) is 4.94. The van der Waals surface area contributed by atoms with E-state index in [1.807, 2.05) is 13.8 Å². The van der Waals surface area contributed by atoms with Crippen molar-refractivity contribution in [3.63, 3.8) is 0 Å². The first-order valence-electron chi connectivity index (χ1n) is 7.89. The third-order valence-corrected chi connectivity index (χ3v) is 4.04. The first-order valence-corrected chi connectivity index (χ1v) is 8.67. The molecule has 2 heterocycles. The maximum absolute atomic E-state index is 13.5. The SMILES string of the molecule is C#Cc1ccc(F)c(-c2nc(C#N)ns2)c1.CC.CN1CCC(O)C1=O. The van der Waals surface area contributed by atoms with E-state index in [0.29, 0.717) is 23.5 Å². The van der Waals surface area contributed by atoms with Gasteiger partial charge in [-0.05, 0) is 36.2 Å². The summed E-state index contributed by atoms with van der Waals surface area (Å²) in [6, 6.07) is 6.08. The molecule has 136 valence electrons. The van der Waals surface area contributed by atoms with Crippen molar-refractivity contribution >= 4 is 17.4 Å². The standard InChI is InChI=1S/C11H4FN3S.C5H9NO2.C2H6/c1-2-7-3-4-9(12)8(5-7)11-14-10(6-13)15-16-11;1-6-3-2-4(7)5(6)8;1-2/h1,3-5H;4,7H,2-3H2,1H3;1-2H3. The summed E-state index contributed by atoms with van der Waals surface area (Å²) in [5.74, 6) is 1.86. The van der Waals surface area contributed by atoms with E-state index in [0.717, 1.165) is 11.5 Å². The van der Waals surface area contributed by atoms with E-state index in [1.165, 1.54) is 23.1 Å². The van der Waals surface area contributed by atoms with Gasteiger partial charge < -0.3 is 10.0 Å². The summed E-state index contributed by atoms with van der Waals surface area (Å²) in [5, 5.41) is 17.7. The minimum Gasteiger partial charge on any atom is -0.383 e. The molecule has 0 aliphatic carbocycles. The van der Waals surface area contributed by atoms with Gasteiger partial charge in [-0.15, -0.1) is 6.42 Å². The molecule has 0 bridgehead atoms. The zero-order valence-electron chi connectivity index (χ0n) is 14.7. The molecule has 1 N–H and O–H groups in total. The van der Waals surface area contributed by atoms with Crippen molar-refractivity contribution in [3.8, 4) is 29.0 Å². The lowest BCUT2D eigenvalue weighted by Crippen LogP contribution is -2.24. The van der Waals surface area contributed by atoms with Crippen LogP contribution in [0.2, 0.25) is 0 Å². The Kier molecular flexibility index (Phi) is 8.36. The van der Waals surface area contributed by atoms with Crippen LogP contribution < -0.4 is 0 Å². The maximum Gasteiger partial charge on any atom is 0.251 e. The highest BCUT2D eigenvalue weighted by Gasteiger charge is 2.25. The molecule has 1 aromatic heterocycles. The van der Waals surface area contributed by atoms with Crippen molar-refractivity contribution < 1.29 is 14.3 Å². The van der Waals surface area contributed by atoms with E-state index in [1.54, 1.807) is 13.1 Å². The Morgan fingerprint density at radius 1 is 1.46 bits per heavy atom. The summed E-state index contributed by atoms with van der Waals surface area (Å²) in [7, 11) is 1.69. The van der Waals surface area contributed by atoms with E-state index in [2.05, 4.69) is 15.3 Å². The molecular weight excluding hydrogens is 355 g/mol. The normalized spacial score (nSPS) is 15.1. The summed E-state index contributed by atoms with van der Waals surface area (Å²) in [6.45, 7) is 4.69. The largest absolute Gasteiger partial charge is 0.383 e. The summed E-state index contributed by atoms with van der Waals surface area (Å²) in [5.41, 5.74) is 0.833. The number of rotatable bonds is 1. The summed E-state index contributed by atoms with van der Waals surface area (Å²) in [4.78, 5) is 16.0. The van der Waals surface area contributed by atoms with E-state index in [-0.39, 0.29) is 17.3 Å². The number of nitrogens with zero attached hydrogens (tertiary/aromatic N) is 4. The van der Waals surface area contributed by atoms with E-state index < -0.39 is 11.9 Å². The molecule has 2 aromatic rings. The highest BCUT2D eigenvalue weighted by atomic mass is 32.1. The zero-order chi connectivity index (χ0) is 19.7. The fourth-order valence-corrected chi connectivity index (χ4v) is 2.60. The molecule has 1 saturated heterocycles. The number of amides is 1. The predicted molar refractivity (Wildman–Crippen MR) is 97.6 cm³/mol. The zero-order valence-corrected chi connectivity index (χ0v) is 15.5. The maximum atomic E-state index is 13.5. The Morgan fingerprint density at radius 3 is 2.58 bits per heavy atom. The Bertz CT molecular complexity index is 826. The van der Waals surface area contributed by atoms with Gasteiger partial charge in [-0.2, -0.15) is 9.64 Å². The van der Waals surface area contributed by atoms with Gasteiger partial charge in [0.2, 0.25) is 5.82 Å². The van der Waals surface area contributed by atoms with Gasteiger partial charge in [0.15, 0.2) is 0 Å². The third-order valence-electron chi connectivity index (χ3n) is 3.29. The number of carbonyl (C=O) groups excluding carboxylic acids is 1. The van der Waals surface area contributed by atoms with Gasteiger partial charge in [0.25, 0.3) is 5.91 Å². The van der Waals surface area contributed by atoms with Crippen LogP contribution in [0.5, 0.6) is 0 Å². The van der Waals surface area contributed by atoms with Gasteiger partial charge in [0.1, 0.15) is 23.0 Å². The molecule has 1 amide bonds. The molecule has 0 saturated carbocycles. The molecule has 3 rings (SSSR count). The number of aliphatic hydroxyl groups excluding tert-OH is 1. The molecule has 1 aliphatic rings. The molecule has 1 aromatic carbocycles. The van der Waals surface area contributed by atoms with E-state index in [9.17, 15) is 9.18 Å². The predicted octanol–water partition coefficient (Wildman–Crippen LogP) is 2.43. The summed E-state index contributed by atoms with van der Waals surface area (Å²) < 4.78 is 17.3. The smallest absolute Gasteiger partial charge is 0.251 e. The van der Waals surface area contributed by atoms with Crippen molar-refractivity contribution in [3.05, 3.63) is 35.4 Å². The van der Waals surface area contributed by atoms with E-state index in [4.69, 9.17) is 16.8 Å². The number of likely N-dealkylation sites (N-methyl/N-ethyl adjacent to an activating group) is 1. The van der Waals surface area contributed by atoms with Crippen molar-refractivity contribution in [2.75, 3.05) is 13.6 Å². The Labute approximate surface area is 156 Å². The molecule has 26 heavy (non-hydrogen) atoms. The number of aliphatic hydroxyl groups is 1. The van der Waals surface area contributed by atoms with Gasteiger partial charge in [-0.25, -0.2) is 9.37 Å². The van der Waals surface area contributed by atoms with Crippen molar-refractivity contribution in [2.45, 2.75) is 26.4 Å². The molecular formula is C18H19FN4O2S. The average molecular weight is 374 g/mol. The number of carbonyl (C=O) groups is 1. The van der Waals surface area contributed by atoms with Crippen LogP contribution >= 0.6 is 11.5 Å². The van der Waals surface area contributed by atoms with Crippen molar-refractivity contribution in [2.24, 2.45) is 0 Å². The van der Waals surface area contributed by atoms with Gasteiger partial charge >= 0.3 is 0 Å². The van der Waals surface area contributed by atoms with Crippen molar-refractivity contribution in [1.29, 1.82) is 5.26 Å². The monoisotopic (exact) mass is 374 g/mol. The topological polar surface area (TPSA) is 90.1 Å². The highest BCUT2D eigenvalue weighted by Crippen LogP contribution is 2.25. The van der Waals surface area contributed by atoms with Crippen LogP contribution in [-0.4, -0.2) is 45.0 Å². The summed E-state index contributed by atoms with van der Waals surface area (Å²) >= 11 is 0.968. The number of nitriles is 1. The number of aromatic nitrogens is 2. The van der Waals surface area contributed by atoms with E-state index >= 15 is 0 Å². The highest BCUT2D eigenvalue weighted by molar-refractivity contribution is 7.09. The summed E-state index contributed by atoms with van der Waals surface area (Å²) in [6.07, 6.45) is 5.09. The quantitative estimate of drug-likeness (QED) is 0.774. The number of terminal acetylenes is 1. The molecule has 0 radical (unpaired) electrons. The van der Waals surface area contributed by atoms with Crippen molar-refractivity contribution in [1.82, 2.24) is 14.3 Å². The van der Waals surface area contributed by atoms with Crippen LogP contribution in [-0.2, 0) is 4.79 Å². The van der Waals surface area contributed by atoms with Gasteiger partial charge in [-0.3, -0.25) is 4.79 Å². The average Bonchev–Trinajstić information content (AvgIpc) is 3.27. The van der Waals surface area contributed by atoms with Gasteiger partial charge in [0, 0.05) is 24.7 Å². The lowest BCUT2D eigenvalue weighted by molar-refractivity contribution is -0.133. The van der Waals surface area contributed by atoms with Gasteiger partial charge in [-0.1, -0.05) is 19.8 Å². The number of likely N-dealkylation sites (tertiary alicyclic amines) is 1. The molecule has 1 atom stereocenters. The molecule has 1 fully saturated rings. The molecule has 1 aliphatic heterocycles. The molecule has 6 nitrogen and oxygen atoms in total. The fraction of sp³-hybridized carbons (Fsp3) is 0.333. The molecule has 0 spiro atoms. The lowest BCUT2D eigenvalue weighted by Gasteiger charge is -2.04. The van der Waals surface area contributed by atoms with Crippen LogP contribution in [0, 0.1) is 29.5 Å². The Balaban J connectivity index is 0.000000284. The first kappa shape index (κ1) is 21.2. The first-order chi connectivity index (χ1) is 12.5. The minimum atomic E-state index is -0.722. The lowest BCUT2D eigenvalue weighted by atomic mass is 10.1.